The fraction of sp³-hybridized carbons (Fsp3) is 0.364. The molecule has 0 saturated heterocycles. The third kappa shape index (κ3) is 2.86. The Kier molecular flexibility index (Phi) is 4.45. The highest BCUT2D eigenvalue weighted by Crippen LogP contribution is 2.28. The van der Waals surface area contributed by atoms with Crippen molar-refractivity contribution in [3.8, 4) is 23.8 Å². The molecule has 1 aromatic heterocycles. The van der Waals surface area contributed by atoms with Gasteiger partial charge in [0.2, 0.25) is 0 Å². The number of rotatable bonds is 5. The monoisotopic (exact) mass is 206 g/mol. The van der Waals surface area contributed by atoms with Gasteiger partial charge < -0.3 is 14.8 Å². The first-order valence-electron chi connectivity index (χ1n) is 4.53. The molecule has 1 N–H and O–H groups in total. The van der Waals surface area contributed by atoms with E-state index in [-0.39, 0.29) is 0 Å². The number of nitrogens with one attached hydrogen (secondary N) is 1. The van der Waals surface area contributed by atoms with Crippen LogP contribution in [0.5, 0.6) is 11.5 Å². The summed E-state index contributed by atoms with van der Waals surface area (Å²) in [6.07, 6.45) is 6.81. The standard InChI is InChI=1S/C11H14N2O2/c1-4-6-12-8-9-11(15-3)10(14-2)5-7-13-9/h1,5,7,12H,6,8H2,2-3H3. The van der Waals surface area contributed by atoms with Crippen molar-refractivity contribution >= 4 is 0 Å². The Bertz CT molecular complexity index is 358. The third-order valence-corrected chi connectivity index (χ3v) is 1.89. The van der Waals surface area contributed by atoms with Crippen LogP contribution in [0.3, 0.4) is 0 Å². The molecule has 0 radical (unpaired) electrons. The van der Waals surface area contributed by atoms with Crippen LogP contribution in [-0.4, -0.2) is 25.7 Å². The third-order valence-electron chi connectivity index (χ3n) is 1.89. The van der Waals surface area contributed by atoms with E-state index in [0.29, 0.717) is 24.6 Å². The zero-order valence-electron chi connectivity index (χ0n) is 8.91. The van der Waals surface area contributed by atoms with Crippen molar-refractivity contribution in [2.45, 2.75) is 6.54 Å². The van der Waals surface area contributed by atoms with Crippen LogP contribution in [0.1, 0.15) is 5.69 Å². The smallest absolute Gasteiger partial charge is 0.183 e. The predicted molar refractivity (Wildman–Crippen MR) is 57.9 cm³/mol. The van der Waals surface area contributed by atoms with E-state index >= 15 is 0 Å². The van der Waals surface area contributed by atoms with E-state index in [4.69, 9.17) is 15.9 Å². The van der Waals surface area contributed by atoms with Gasteiger partial charge >= 0.3 is 0 Å². The van der Waals surface area contributed by atoms with Crippen LogP contribution in [0.4, 0.5) is 0 Å². The first-order chi connectivity index (χ1) is 7.33. The van der Waals surface area contributed by atoms with E-state index in [2.05, 4.69) is 16.2 Å². The zero-order chi connectivity index (χ0) is 11.1. The van der Waals surface area contributed by atoms with E-state index < -0.39 is 0 Å². The van der Waals surface area contributed by atoms with Crippen molar-refractivity contribution in [1.82, 2.24) is 10.3 Å². The number of pyridine rings is 1. The highest BCUT2D eigenvalue weighted by atomic mass is 16.5. The van der Waals surface area contributed by atoms with Gasteiger partial charge in [0, 0.05) is 18.8 Å². The van der Waals surface area contributed by atoms with Gasteiger partial charge in [-0.25, -0.2) is 0 Å². The van der Waals surface area contributed by atoms with Gasteiger partial charge in [0.15, 0.2) is 11.5 Å². The molecule has 1 rings (SSSR count). The van der Waals surface area contributed by atoms with Gasteiger partial charge in [0.25, 0.3) is 0 Å². The number of hydrogen-bond donors (Lipinski definition) is 1. The molecule has 80 valence electrons. The summed E-state index contributed by atoms with van der Waals surface area (Å²) in [6, 6.07) is 1.75. The Morgan fingerprint density at radius 3 is 2.87 bits per heavy atom. The van der Waals surface area contributed by atoms with Crippen molar-refractivity contribution in [3.05, 3.63) is 18.0 Å². The van der Waals surface area contributed by atoms with Gasteiger partial charge in [-0.05, 0) is 0 Å². The van der Waals surface area contributed by atoms with Crippen LogP contribution < -0.4 is 14.8 Å². The summed E-state index contributed by atoms with van der Waals surface area (Å²) in [5.41, 5.74) is 0.784. The fourth-order valence-electron chi connectivity index (χ4n) is 1.23. The van der Waals surface area contributed by atoms with Crippen LogP contribution in [0.25, 0.3) is 0 Å². The Morgan fingerprint density at radius 1 is 1.47 bits per heavy atom. The lowest BCUT2D eigenvalue weighted by atomic mass is 10.3. The summed E-state index contributed by atoms with van der Waals surface area (Å²) in [5.74, 6) is 3.81. The molecule has 4 nitrogen and oxygen atoms in total. The quantitative estimate of drug-likeness (QED) is 0.572. The predicted octanol–water partition coefficient (Wildman–Crippen LogP) is 0.822. The van der Waals surface area contributed by atoms with Crippen molar-refractivity contribution in [2.75, 3.05) is 20.8 Å². The first kappa shape index (κ1) is 11.3. The first-order valence-corrected chi connectivity index (χ1v) is 4.53. The Morgan fingerprint density at radius 2 is 2.27 bits per heavy atom. The number of ether oxygens (including phenoxy) is 2. The van der Waals surface area contributed by atoms with Crippen molar-refractivity contribution < 1.29 is 9.47 Å². The maximum atomic E-state index is 5.22. The number of hydrogen-bond acceptors (Lipinski definition) is 4. The highest BCUT2D eigenvalue weighted by Gasteiger charge is 2.09. The van der Waals surface area contributed by atoms with Gasteiger partial charge in [-0.15, -0.1) is 6.42 Å². The van der Waals surface area contributed by atoms with Crippen LogP contribution in [-0.2, 0) is 6.54 Å². The van der Waals surface area contributed by atoms with Gasteiger partial charge in [-0.2, -0.15) is 0 Å². The van der Waals surface area contributed by atoms with Gasteiger partial charge in [-0.3, -0.25) is 4.98 Å². The normalized spacial score (nSPS) is 9.40. The van der Waals surface area contributed by atoms with Crippen molar-refractivity contribution in [1.29, 1.82) is 0 Å². The van der Waals surface area contributed by atoms with E-state index in [0.717, 1.165) is 5.69 Å². The van der Waals surface area contributed by atoms with Crippen molar-refractivity contribution in [3.63, 3.8) is 0 Å². The summed E-state index contributed by atoms with van der Waals surface area (Å²) in [4.78, 5) is 4.19. The van der Waals surface area contributed by atoms with E-state index in [1.54, 1.807) is 26.5 Å². The minimum atomic E-state index is 0.502. The molecule has 0 spiro atoms. The number of nitrogens with zero attached hydrogens (tertiary/aromatic N) is 1. The number of terminal acetylenes is 1. The highest BCUT2D eigenvalue weighted by molar-refractivity contribution is 5.42. The minimum absolute atomic E-state index is 0.502. The molecular formula is C11H14N2O2. The molecule has 0 fully saturated rings. The SMILES string of the molecule is C#CCNCc1nccc(OC)c1OC. The summed E-state index contributed by atoms with van der Waals surface area (Å²) >= 11 is 0. The average Bonchev–Trinajstić information content (AvgIpc) is 2.29. The number of aromatic nitrogens is 1. The summed E-state index contributed by atoms with van der Waals surface area (Å²) in [5, 5.41) is 3.04. The Balaban J connectivity index is 2.82. The van der Waals surface area contributed by atoms with Gasteiger partial charge in [-0.1, -0.05) is 5.92 Å². The summed E-state index contributed by atoms with van der Waals surface area (Å²) in [6.45, 7) is 1.06. The van der Waals surface area contributed by atoms with Gasteiger partial charge in [0.05, 0.1) is 26.5 Å². The average molecular weight is 206 g/mol. The maximum Gasteiger partial charge on any atom is 0.183 e. The van der Waals surface area contributed by atoms with Crippen LogP contribution >= 0.6 is 0 Å². The molecular weight excluding hydrogens is 192 g/mol. The molecule has 0 unspecified atom stereocenters. The largest absolute Gasteiger partial charge is 0.493 e. The second kappa shape index (κ2) is 5.89. The molecule has 1 heterocycles. The molecule has 0 aliphatic carbocycles. The zero-order valence-corrected chi connectivity index (χ0v) is 8.91. The second-order valence-electron chi connectivity index (χ2n) is 2.80. The van der Waals surface area contributed by atoms with Crippen LogP contribution in [0.2, 0.25) is 0 Å². The fourth-order valence-corrected chi connectivity index (χ4v) is 1.23. The van der Waals surface area contributed by atoms with Crippen LogP contribution in [0.15, 0.2) is 12.3 Å². The van der Waals surface area contributed by atoms with Crippen LogP contribution in [0, 0.1) is 12.3 Å². The van der Waals surface area contributed by atoms with Crippen molar-refractivity contribution in [2.24, 2.45) is 0 Å². The van der Waals surface area contributed by atoms with E-state index in [1.807, 2.05) is 0 Å². The molecule has 0 aliphatic heterocycles. The molecule has 0 amide bonds. The van der Waals surface area contributed by atoms with E-state index in [1.165, 1.54) is 0 Å². The molecule has 4 heteroatoms. The van der Waals surface area contributed by atoms with E-state index in [9.17, 15) is 0 Å². The summed E-state index contributed by atoms with van der Waals surface area (Å²) < 4.78 is 10.4. The number of methoxy groups -OCH3 is 2. The molecule has 1 aromatic rings. The molecule has 0 atom stereocenters. The second-order valence-corrected chi connectivity index (χ2v) is 2.80. The molecule has 0 bridgehead atoms. The molecule has 0 aromatic carbocycles. The van der Waals surface area contributed by atoms with Gasteiger partial charge in [0.1, 0.15) is 0 Å². The molecule has 0 saturated carbocycles. The maximum absolute atomic E-state index is 5.22. The Hall–Kier alpha value is -1.73. The lowest BCUT2D eigenvalue weighted by Crippen LogP contribution is -2.15. The minimum Gasteiger partial charge on any atom is -0.493 e. The lowest BCUT2D eigenvalue weighted by Gasteiger charge is -2.11. The summed E-state index contributed by atoms with van der Waals surface area (Å²) in [7, 11) is 3.18. The topological polar surface area (TPSA) is 43.4 Å². The Labute approximate surface area is 89.6 Å². The molecule has 0 aliphatic rings. The lowest BCUT2D eigenvalue weighted by molar-refractivity contribution is 0.348. The molecule has 15 heavy (non-hydrogen) atoms.